The predicted molar refractivity (Wildman–Crippen MR) is 78.0 cm³/mol. The maximum Gasteiger partial charge on any atom is 0.308 e. The highest BCUT2D eigenvalue weighted by Gasteiger charge is 2.29. The molecule has 102 valence electrons. The van der Waals surface area contributed by atoms with Crippen molar-refractivity contribution in [1.82, 2.24) is 0 Å². The summed E-state index contributed by atoms with van der Waals surface area (Å²) in [5.41, 5.74) is 1.56. The van der Waals surface area contributed by atoms with Gasteiger partial charge in [0.25, 0.3) is 0 Å². The number of carbonyl (C=O) groups excluding carboxylic acids is 1. The summed E-state index contributed by atoms with van der Waals surface area (Å²) in [6.07, 6.45) is 3.38. The minimum absolute atomic E-state index is 0.0142. The van der Waals surface area contributed by atoms with Crippen molar-refractivity contribution in [3.05, 3.63) is 29.8 Å². The van der Waals surface area contributed by atoms with Gasteiger partial charge in [0.2, 0.25) is 0 Å². The van der Waals surface area contributed by atoms with Gasteiger partial charge in [0.05, 0.1) is 13.0 Å². The van der Waals surface area contributed by atoms with Gasteiger partial charge >= 0.3 is 5.97 Å². The minimum atomic E-state index is -0.112. The lowest BCUT2D eigenvalue weighted by Gasteiger charge is -2.27. The van der Waals surface area contributed by atoms with E-state index in [4.69, 9.17) is 10.1 Å². The number of ether oxygens (including phenoxy) is 1. The molecule has 0 amide bonds. The Morgan fingerprint density at radius 3 is 2.37 bits per heavy atom. The summed E-state index contributed by atoms with van der Waals surface area (Å²) in [6.45, 7) is 0. The van der Waals surface area contributed by atoms with Crippen molar-refractivity contribution in [2.75, 3.05) is 7.11 Å². The highest BCUT2D eigenvalue weighted by atomic mass is 32.1. The van der Waals surface area contributed by atoms with Gasteiger partial charge in [0, 0.05) is 22.1 Å². The highest BCUT2D eigenvalue weighted by molar-refractivity contribution is 7.80. The zero-order chi connectivity index (χ0) is 13.8. The van der Waals surface area contributed by atoms with Crippen LogP contribution in [0, 0.1) is 17.2 Å². The summed E-state index contributed by atoms with van der Waals surface area (Å²) in [5, 5.41) is 8.32. The van der Waals surface area contributed by atoms with Crippen LogP contribution >= 0.6 is 12.6 Å². The molecule has 0 atom stereocenters. The van der Waals surface area contributed by atoms with Crippen LogP contribution in [0.1, 0.15) is 31.2 Å². The number of nitrogens with one attached hydrogen (secondary N) is 1. The van der Waals surface area contributed by atoms with Crippen molar-refractivity contribution in [2.24, 2.45) is 11.8 Å². The molecular formula is C15H19NO2S. The van der Waals surface area contributed by atoms with Crippen molar-refractivity contribution in [1.29, 1.82) is 5.41 Å². The SMILES string of the molecule is COC(=O)C1CCC(C(=N)c2ccccc2S)CC1. The lowest BCUT2D eigenvalue weighted by molar-refractivity contribution is -0.146. The van der Waals surface area contributed by atoms with Crippen molar-refractivity contribution in [2.45, 2.75) is 30.6 Å². The van der Waals surface area contributed by atoms with Gasteiger partial charge in [-0.1, -0.05) is 18.2 Å². The lowest BCUT2D eigenvalue weighted by Crippen LogP contribution is -2.27. The van der Waals surface area contributed by atoms with Crippen molar-refractivity contribution < 1.29 is 9.53 Å². The monoisotopic (exact) mass is 277 g/mol. The molecule has 1 N–H and O–H groups in total. The molecule has 1 saturated carbocycles. The third kappa shape index (κ3) is 3.18. The van der Waals surface area contributed by atoms with E-state index in [1.807, 2.05) is 24.3 Å². The van der Waals surface area contributed by atoms with Crippen LogP contribution in [0.4, 0.5) is 0 Å². The third-order valence-electron chi connectivity index (χ3n) is 3.86. The summed E-state index contributed by atoms with van der Waals surface area (Å²) in [4.78, 5) is 12.3. The van der Waals surface area contributed by atoms with Crippen LogP contribution in [0.25, 0.3) is 0 Å². The fourth-order valence-electron chi connectivity index (χ4n) is 2.71. The van der Waals surface area contributed by atoms with Crippen LogP contribution in [0.3, 0.4) is 0 Å². The zero-order valence-electron chi connectivity index (χ0n) is 11.1. The largest absolute Gasteiger partial charge is 0.469 e. The zero-order valence-corrected chi connectivity index (χ0v) is 12.0. The molecule has 19 heavy (non-hydrogen) atoms. The molecule has 1 aliphatic rings. The Labute approximate surface area is 119 Å². The van der Waals surface area contributed by atoms with E-state index in [2.05, 4.69) is 12.6 Å². The number of carbonyl (C=O) groups is 1. The molecule has 4 heteroatoms. The van der Waals surface area contributed by atoms with E-state index in [1.165, 1.54) is 7.11 Å². The van der Waals surface area contributed by atoms with E-state index in [0.29, 0.717) is 5.71 Å². The average Bonchev–Trinajstić information content (AvgIpc) is 2.46. The molecule has 0 radical (unpaired) electrons. The first-order chi connectivity index (χ1) is 9.13. The number of thiol groups is 1. The number of esters is 1. The molecule has 1 aliphatic carbocycles. The summed E-state index contributed by atoms with van der Waals surface area (Å²) in [7, 11) is 1.44. The Kier molecular flexibility index (Phi) is 4.64. The number of hydrogen-bond acceptors (Lipinski definition) is 4. The van der Waals surface area contributed by atoms with Gasteiger partial charge in [-0.2, -0.15) is 0 Å². The Morgan fingerprint density at radius 1 is 1.21 bits per heavy atom. The third-order valence-corrected chi connectivity index (χ3v) is 4.25. The quantitative estimate of drug-likeness (QED) is 0.506. The van der Waals surface area contributed by atoms with Crippen LogP contribution < -0.4 is 0 Å². The van der Waals surface area contributed by atoms with E-state index >= 15 is 0 Å². The van der Waals surface area contributed by atoms with Crippen LogP contribution in [0.2, 0.25) is 0 Å². The average molecular weight is 277 g/mol. The number of benzene rings is 1. The van der Waals surface area contributed by atoms with Gasteiger partial charge < -0.3 is 10.1 Å². The fraction of sp³-hybridized carbons (Fsp3) is 0.467. The van der Waals surface area contributed by atoms with Gasteiger partial charge in [-0.25, -0.2) is 0 Å². The molecule has 2 rings (SSSR count). The molecule has 3 nitrogen and oxygen atoms in total. The topological polar surface area (TPSA) is 50.2 Å². The smallest absolute Gasteiger partial charge is 0.308 e. The Morgan fingerprint density at radius 2 is 1.79 bits per heavy atom. The molecule has 0 heterocycles. The standard InChI is InChI=1S/C15H19NO2S/c1-18-15(17)11-8-6-10(7-9-11)14(16)12-4-2-3-5-13(12)19/h2-5,10-11,16,19H,6-9H2,1H3. The van der Waals surface area contributed by atoms with Gasteiger partial charge in [-0.3, -0.25) is 4.79 Å². The van der Waals surface area contributed by atoms with Crippen molar-refractivity contribution >= 4 is 24.3 Å². The van der Waals surface area contributed by atoms with Crippen LogP contribution in [0.5, 0.6) is 0 Å². The first-order valence-electron chi connectivity index (χ1n) is 6.58. The fourth-order valence-corrected chi connectivity index (χ4v) is 2.99. The van der Waals surface area contributed by atoms with Gasteiger partial charge in [0.15, 0.2) is 0 Å². The minimum Gasteiger partial charge on any atom is -0.469 e. The molecule has 0 bridgehead atoms. The molecular weight excluding hydrogens is 258 g/mol. The number of methoxy groups -OCH3 is 1. The first kappa shape index (κ1) is 14.1. The Bertz CT molecular complexity index is 479. The van der Waals surface area contributed by atoms with Crippen LogP contribution in [0.15, 0.2) is 29.2 Å². The van der Waals surface area contributed by atoms with E-state index in [1.54, 1.807) is 0 Å². The Balaban J connectivity index is 2.00. The molecule has 1 fully saturated rings. The van der Waals surface area contributed by atoms with Crippen LogP contribution in [-0.4, -0.2) is 18.8 Å². The van der Waals surface area contributed by atoms with E-state index in [-0.39, 0.29) is 17.8 Å². The molecule has 0 aromatic heterocycles. The molecule has 0 spiro atoms. The maximum atomic E-state index is 11.5. The summed E-state index contributed by atoms with van der Waals surface area (Å²) < 4.78 is 4.78. The van der Waals surface area contributed by atoms with Gasteiger partial charge in [0.1, 0.15) is 0 Å². The second-order valence-corrected chi connectivity index (χ2v) is 5.48. The van der Waals surface area contributed by atoms with Crippen LogP contribution in [-0.2, 0) is 9.53 Å². The second-order valence-electron chi connectivity index (χ2n) is 5.00. The van der Waals surface area contributed by atoms with E-state index < -0.39 is 0 Å². The molecule has 0 unspecified atom stereocenters. The summed E-state index contributed by atoms with van der Waals surface area (Å²) >= 11 is 4.41. The predicted octanol–water partition coefficient (Wildman–Crippen LogP) is 3.32. The number of hydrogen-bond donors (Lipinski definition) is 2. The maximum absolute atomic E-state index is 11.5. The van der Waals surface area contributed by atoms with E-state index in [0.717, 1.165) is 36.1 Å². The molecule has 0 aliphatic heterocycles. The molecule has 0 saturated heterocycles. The summed E-state index contributed by atoms with van der Waals surface area (Å²) in [6, 6.07) is 7.71. The normalized spacial score (nSPS) is 22.8. The van der Waals surface area contributed by atoms with E-state index in [9.17, 15) is 4.79 Å². The van der Waals surface area contributed by atoms with Crippen molar-refractivity contribution in [3.8, 4) is 0 Å². The summed E-state index contributed by atoms with van der Waals surface area (Å²) in [5.74, 6) is 0.133. The molecule has 1 aromatic rings. The van der Waals surface area contributed by atoms with Gasteiger partial charge in [-0.05, 0) is 31.7 Å². The second kappa shape index (κ2) is 6.24. The Hall–Kier alpha value is -1.29. The molecule has 1 aromatic carbocycles. The van der Waals surface area contributed by atoms with Gasteiger partial charge in [-0.15, -0.1) is 12.6 Å². The highest BCUT2D eigenvalue weighted by Crippen LogP contribution is 2.32. The number of rotatable bonds is 3. The first-order valence-corrected chi connectivity index (χ1v) is 7.03. The lowest BCUT2D eigenvalue weighted by atomic mass is 9.78. The van der Waals surface area contributed by atoms with Crippen molar-refractivity contribution in [3.63, 3.8) is 0 Å².